The highest BCUT2D eigenvalue weighted by Crippen LogP contribution is 2.18. The first-order valence-corrected chi connectivity index (χ1v) is 5.07. The van der Waals surface area contributed by atoms with Crippen molar-refractivity contribution in [1.82, 2.24) is 4.98 Å². The second-order valence-corrected chi connectivity index (χ2v) is 4.14. The largest absolute Gasteiger partial charge is 0.326 e. The number of hydrogen-bond donors (Lipinski definition) is 1. The molecule has 1 N–H and O–H groups in total. The van der Waals surface area contributed by atoms with E-state index in [-0.39, 0.29) is 35.9 Å². The van der Waals surface area contributed by atoms with Crippen LogP contribution in [-0.4, -0.2) is 23.2 Å². The van der Waals surface area contributed by atoms with Gasteiger partial charge in [0.2, 0.25) is 5.91 Å². The first kappa shape index (κ1) is 10.1. The van der Waals surface area contributed by atoms with E-state index in [0.29, 0.717) is 4.47 Å². The number of carbonyl (C=O) groups excluding carboxylic acids is 2. The average Bonchev–Trinajstić information content (AvgIpc) is 2.50. The van der Waals surface area contributed by atoms with Crippen molar-refractivity contribution in [2.75, 3.05) is 11.4 Å². The van der Waals surface area contributed by atoms with Gasteiger partial charge in [0.15, 0.2) is 5.78 Å². The van der Waals surface area contributed by atoms with Crippen molar-refractivity contribution < 1.29 is 9.59 Å². The average molecular weight is 271 g/mol. The van der Waals surface area contributed by atoms with E-state index < -0.39 is 0 Å². The molecule has 0 unspecified atom stereocenters. The van der Waals surface area contributed by atoms with Gasteiger partial charge >= 0.3 is 0 Å². The van der Waals surface area contributed by atoms with E-state index >= 15 is 0 Å². The number of Topliss-reactive ketones (excluding diaryl/α,β-unsaturated/α-hetero) is 1. The highest BCUT2D eigenvalue weighted by molar-refractivity contribution is 9.10. The highest BCUT2D eigenvalue weighted by atomic mass is 79.9. The Bertz CT molecular complexity index is 494. The maximum atomic E-state index is 11.4. The number of hydrogen-bond acceptors (Lipinski definition) is 3. The fourth-order valence-corrected chi connectivity index (χ4v) is 1.78. The van der Waals surface area contributed by atoms with Crippen molar-refractivity contribution in [3.8, 4) is 0 Å². The topological polar surface area (TPSA) is 70.2 Å². The minimum Gasteiger partial charge on any atom is -0.326 e. The number of anilines is 1. The van der Waals surface area contributed by atoms with Gasteiger partial charge in [-0.1, -0.05) is 0 Å². The second-order valence-electron chi connectivity index (χ2n) is 3.23. The lowest BCUT2D eigenvalue weighted by Gasteiger charge is -2.13. The summed E-state index contributed by atoms with van der Waals surface area (Å²) >= 11 is 3.19. The summed E-state index contributed by atoms with van der Waals surface area (Å²) in [6.07, 6.45) is 1.36. The first-order chi connectivity index (χ1) is 7.08. The number of aromatic nitrogens is 1. The highest BCUT2D eigenvalue weighted by Gasteiger charge is 2.30. The number of pyridine rings is 1. The predicted octanol–water partition coefficient (Wildman–Crippen LogP) is 0.443. The Morgan fingerprint density at radius 3 is 2.67 bits per heavy atom. The van der Waals surface area contributed by atoms with Gasteiger partial charge in [-0.3, -0.25) is 19.3 Å². The number of nitrogens with zero attached hydrogens (tertiary/aromatic N) is 1. The van der Waals surface area contributed by atoms with Gasteiger partial charge in [0.05, 0.1) is 13.0 Å². The molecule has 1 amide bonds. The summed E-state index contributed by atoms with van der Waals surface area (Å²) < 4.78 is 0.657. The Morgan fingerprint density at radius 1 is 1.33 bits per heavy atom. The Labute approximate surface area is 93.2 Å². The normalized spacial score (nSPS) is 16.2. The lowest BCUT2D eigenvalue weighted by molar-refractivity contribution is -0.121. The summed E-state index contributed by atoms with van der Waals surface area (Å²) in [6.45, 7) is -0.0155. The molecule has 2 heterocycles. The van der Waals surface area contributed by atoms with E-state index in [1.54, 1.807) is 0 Å². The van der Waals surface area contributed by atoms with Crippen molar-refractivity contribution in [2.45, 2.75) is 6.42 Å². The molecule has 2 rings (SSSR count). The molecule has 0 spiro atoms. The Balaban J connectivity index is 2.46. The molecule has 0 aromatic carbocycles. The number of amides is 1. The monoisotopic (exact) mass is 270 g/mol. The van der Waals surface area contributed by atoms with Crippen LogP contribution in [0.3, 0.4) is 0 Å². The van der Waals surface area contributed by atoms with Gasteiger partial charge < -0.3 is 4.98 Å². The number of H-pyrrole nitrogens is 1. The van der Waals surface area contributed by atoms with Gasteiger partial charge in [0, 0.05) is 10.7 Å². The maximum Gasteiger partial charge on any atom is 0.272 e. The molecule has 1 aliphatic rings. The molecule has 1 aliphatic heterocycles. The molecule has 6 heteroatoms. The zero-order valence-electron chi connectivity index (χ0n) is 7.62. The van der Waals surface area contributed by atoms with Crippen LogP contribution >= 0.6 is 15.9 Å². The zero-order valence-corrected chi connectivity index (χ0v) is 9.20. The zero-order chi connectivity index (χ0) is 11.0. The van der Waals surface area contributed by atoms with E-state index in [2.05, 4.69) is 20.9 Å². The number of carbonyl (C=O) groups is 2. The van der Waals surface area contributed by atoms with E-state index in [9.17, 15) is 14.4 Å². The molecule has 0 aliphatic carbocycles. The molecule has 0 bridgehead atoms. The molecule has 1 aromatic rings. The lowest BCUT2D eigenvalue weighted by atomic mass is 10.3. The van der Waals surface area contributed by atoms with Crippen LogP contribution < -0.4 is 10.5 Å². The maximum absolute atomic E-state index is 11.4. The number of rotatable bonds is 1. The number of halogens is 1. The van der Waals surface area contributed by atoms with Gasteiger partial charge in [-0.25, -0.2) is 0 Å². The minimum absolute atomic E-state index is 0.0155. The van der Waals surface area contributed by atoms with Gasteiger partial charge in [-0.2, -0.15) is 0 Å². The third-order valence-corrected chi connectivity index (χ3v) is 2.58. The quantitative estimate of drug-likeness (QED) is 0.753. The summed E-state index contributed by atoms with van der Waals surface area (Å²) in [7, 11) is 0. The van der Waals surface area contributed by atoms with Gasteiger partial charge in [0.25, 0.3) is 5.56 Å². The SMILES string of the molecule is O=C1CC(=O)N(c2cc(Br)c[nH]c2=O)C1. The van der Waals surface area contributed by atoms with Crippen LogP contribution in [0.15, 0.2) is 21.5 Å². The van der Waals surface area contributed by atoms with Crippen molar-refractivity contribution >= 4 is 33.3 Å². The third kappa shape index (κ3) is 1.85. The summed E-state index contributed by atoms with van der Waals surface area (Å²) in [5.41, 5.74) is -0.165. The van der Waals surface area contributed by atoms with Gasteiger partial charge in [-0.15, -0.1) is 0 Å². The molecule has 78 valence electrons. The Kier molecular flexibility index (Phi) is 2.44. The van der Waals surface area contributed by atoms with Gasteiger partial charge in [-0.05, 0) is 22.0 Å². The van der Waals surface area contributed by atoms with Crippen LogP contribution in [0.1, 0.15) is 6.42 Å². The molecular formula is C9H7BrN2O3. The second kappa shape index (κ2) is 3.62. The third-order valence-electron chi connectivity index (χ3n) is 2.12. The van der Waals surface area contributed by atoms with E-state index in [1.165, 1.54) is 17.2 Å². The Morgan fingerprint density at radius 2 is 2.07 bits per heavy atom. The van der Waals surface area contributed by atoms with Crippen LogP contribution in [0.25, 0.3) is 0 Å². The van der Waals surface area contributed by atoms with Gasteiger partial charge in [0.1, 0.15) is 5.69 Å². The number of nitrogens with one attached hydrogen (secondary N) is 1. The standard InChI is InChI=1S/C9H7BrN2O3/c10-5-1-7(9(15)11-3-5)12-4-6(13)2-8(12)14/h1,3H,2,4H2,(H,11,15). The van der Waals surface area contributed by atoms with Crippen LogP contribution in [-0.2, 0) is 9.59 Å². The predicted molar refractivity (Wildman–Crippen MR) is 56.7 cm³/mol. The van der Waals surface area contributed by atoms with Crippen molar-refractivity contribution in [1.29, 1.82) is 0 Å². The number of ketones is 1. The molecule has 1 fully saturated rings. The molecule has 0 atom stereocenters. The first-order valence-electron chi connectivity index (χ1n) is 4.28. The van der Waals surface area contributed by atoms with E-state index in [4.69, 9.17) is 0 Å². The van der Waals surface area contributed by atoms with Crippen LogP contribution in [0.5, 0.6) is 0 Å². The van der Waals surface area contributed by atoms with Crippen molar-refractivity contribution in [3.05, 3.63) is 27.1 Å². The van der Waals surface area contributed by atoms with Crippen LogP contribution in [0, 0.1) is 0 Å². The Hall–Kier alpha value is -1.43. The fourth-order valence-electron chi connectivity index (χ4n) is 1.45. The van der Waals surface area contributed by atoms with E-state index in [1.807, 2.05) is 0 Å². The molecule has 1 aromatic heterocycles. The summed E-state index contributed by atoms with van der Waals surface area (Å²) in [5.74, 6) is -0.497. The smallest absolute Gasteiger partial charge is 0.272 e. The molecule has 1 saturated heterocycles. The van der Waals surface area contributed by atoms with Crippen LogP contribution in [0.2, 0.25) is 0 Å². The van der Waals surface area contributed by atoms with Crippen LogP contribution in [0.4, 0.5) is 5.69 Å². The summed E-state index contributed by atoms with van der Waals surface area (Å²) in [5, 5.41) is 0. The number of aromatic amines is 1. The summed E-state index contributed by atoms with van der Waals surface area (Å²) in [4.78, 5) is 37.5. The molecule has 15 heavy (non-hydrogen) atoms. The minimum atomic E-state index is -0.374. The molecular weight excluding hydrogens is 264 g/mol. The summed E-state index contributed by atoms with van der Waals surface area (Å²) in [6, 6.07) is 1.52. The molecule has 0 radical (unpaired) electrons. The van der Waals surface area contributed by atoms with E-state index in [0.717, 1.165) is 0 Å². The molecule has 5 nitrogen and oxygen atoms in total. The van der Waals surface area contributed by atoms with Crippen molar-refractivity contribution in [2.24, 2.45) is 0 Å². The molecule has 0 saturated carbocycles. The lowest BCUT2D eigenvalue weighted by Crippen LogP contribution is -2.30. The van der Waals surface area contributed by atoms with Crippen molar-refractivity contribution in [3.63, 3.8) is 0 Å². The fraction of sp³-hybridized carbons (Fsp3) is 0.222.